The van der Waals surface area contributed by atoms with Crippen LogP contribution < -0.4 is 10.7 Å². The predicted molar refractivity (Wildman–Crippen MR) is 66.8 cm³/mol. The van der Waals surface area contributed by atoms with Crippen LogP contribution in [-0.2, 0) is 0 Å². The first-order valence-electron chi connectivity index (χ1n) is 4.72. The molecule has 0 saturated carbocycles. The van der Waals surface area contributed by atoms with E-state index < -0.39 is 0 Å². The van der Waals surface area contributed by atoms with Crippen molar-refractivity contribution in [3.8, 4) is 11.5 Å². The Kier molecular flexibility index (Phi) is 4.53. The molecule has 1 aromatic carbocycles. The fourth-order valence-electron chi connectivity index (χ4n) is 0.986. The summed E-state index contributed by atoms with van der Waals surface area (Å²) < 4.78 is 0. The Balaban J connectivity index is 2.56. The summed E-state index contributed by atoms with van der Waals surface area (Å²) in [5, 5.41) is 25.5. The molecule has 0 heterocycles. The molecule has 0 unspecified atom stereocenters. The Labute approximate surface area is 98.8 Å². The van der Waals surface area contributed by atoms with Crippen LogP contribution in [-0.4, -0.2) is 28.1 Å². The number of nitrogens with zero attached hydrogens (tertiary/aromatic N) is 1. The van der Waals surface area contributed by atoms with Gasteiger partial charge in [0.15, 0.2) is 16.6 Å². The Morgan fingerprint density at radius 3 is 2.81 bits per heavy atom. The first kappa shape index (κ1) is 12.3. The molecule has 0 atom stereocenters. The molecule has 16 heavy (non-hydrogen) atoms. The highest BCUT2D eigenvalue weighted by molar-refractivity contribution is 7.80. The van der Waals surface area contributed by atoms with Crippen molar-refractivity contribution >= 4 is 23.5 Å². The van der Waals surface area contributed by atoms with Crippen molar-refractivity contribution in [1.29, 1.82) is 0 Å². The van der Waals surface area contributed by atoms with Crippen LogP contribution in [0.5, 0.6) is 11.5 Å². The zero-order valence-corrected chi connectivity index (χ0v) is 9.58. The molecule has 0 saturated heterocycles. The summed E-state index contributed by atoms with van der Waals surface area (Å²) >= 11 is 4.89. The third-order valence-electron chi connectivity index (χ3n) is 1.72. The molecule has 0 aliphatic carbocycles. The van der Waals surface area contributed by atoms with E-state index in [1.54, 1.807) is 6.07 Å². The SMILES string of the molecule is CCNC(=S)N/N=C/c1ccc(O)c(O)c1. The molecule has 0 aromatic heterocycles. The quantitative estimate of drug-likeness (QED) is 0.273. The van der Waals surface area contributed by atoms with Crippen LogP contribution in [0.1, 0.15) is 12.5 Å². The van der Waals surface area contributed by atoms with Crippen molar-refractivity contribution in [1.82, 2.24) is 10.7 Å². The maximum absolute atomic E-state index is 9.22. The van der Waals surface area contributed by atoms with Crippen molar-refractivity contribution in [2.75, 3.05) is 6.54 Å². The van der Waals surface area contributed by atoms with Gasteiger partial charge in [-0.25, -0.2) is 0 Å². The van der Waals surface area contributed by atoms with Gasteiger partial charge < -0.3 is 15.5 Å². The van der Waals surface area contributed by atoms with Gasteiger partial charge in [0.1, 0.15) is 0 Å². The van der Waals surface area contributed by atoms with Crippen LogP contribution in [0.4, 0.5) is 0 Å². The zero-order valence-electron chi connectivity index (χ0n) is 8.77. The number of hydrazone groups is 1. The van der Waals surface area contributed by atoms with Gasteiger partial charge >= 0.3 is 0 Å². The van der Waals surface area contributed by atoms with Crippen molar-refractivity contribution in [3.05, 3.63) is 23.8 Å². The highest BCUT2D eigenvalue weighted by atomic mass is 32.1. The molecule has 1 aromatic rings. The molecule has 0 aliphatic rings. The lowest BCUT2D eigenvalue weighted by atomic mass is 10.2. The van der Waals surface area contributed by atoms with Gasteiger partial charge in [0.2, 0.25) is 0 Å². The number of hydrogen-bond acceptors (Lipinski definition) is 4. The number of phenols is 2. The highest BCUT2D eigenvalue weighted by Crippen LogP contribution is 2.23. The summed E-state index contributed by atoms with van der Waals surface area (Å²) in [7, 11) is 0. The number of phenolic OH excluding ortho intramolecular Hbond substituents is 2. The smallest absolute Gasteiger partial charge is 0.186 e. The van der Waals surface area contributed by atoms with E-state index in [9.17, 15) is 5.11 Å². The van der Waals surface area contributed by atoms with Gasteiger partial charge in [-0.15, -0.1) is 0 Å². The Morgan fingerprint density at radius 2 is 2.19 bits per heavy atom. The van der Waals surface area contributed by atoms with Crippen molar-refractivity contribution < 1.29 is 10.2 Å². The van der Waals surface area contributed by atoms with E-state index in [2.05, 4.69) is 15.8 Å². The van der Waals surface area contributed by atoms with Gasteiger partial charge in [0.25, 0.3) is 0 Å². The molecule has 0 bridgehead atoms. The topological polar surface area (TPSA) is 76.9 Å². The fourth-order valence-corrected chi connectivity index (χ4v) is 1.18. The van der Waals surface area contributed by atoms with E-state index in [-0.39, 0.29) is 11.5 Å². The van der Waals surface area contributed by atoms with Crippen LogP contribution in [0.15, 0.2) is 23.3 Å². The average Bonchev–Trinajstić information content (AvgIpc) is 2.24. The minimum absolute atomic E-state index is 0.159. The molecule has 5 nitrogen and oxygen atoms in total. The van der Waals surface area contributed by atoms with E-state index in [0.717, 1.165) is 6.54 Å². The van der Waals surface area contributed by atoms with Crippen molar-refractivity contribution in [3.63, 3.8) is 0 Å². The first-order valence-corrected chi connectivity index (χ1v) is 5.13. The van der Waals surface area contributed by atoms with Crippen LogP contribution in [0.2, 0.25) is 0 Å². The van der Waals surface area contributed by atoms with Gasteiger partial charge in [-0.05, 0) is 42.9 Å². The third kappa shape index (κ3) is 3.74. The van der Waals surface area contributed by atoms with Crippen LogP contribution in [0.3, 0.4) is 0 Å². The lowest BCUT2D eigenvalue weighted by Gasteiger charge is -2.02. The van der Waals surface area contributed by atoms with Crippen LogP contribution >= 0.6 is 12.2 Å². The Hall–Kier alpha value is -1.82. The second-order valence-electron chi connectivity index (χ2n) is 2.98. The maximum Gasteiger partial charge on any atom is 0.186 e. The van der Waals surface area contributed by atoms with Gasteiger partial charge in [0, 0.05) is 6.54 Å². The molecule has 0 amide bonds. The fraction of sp³-hybridized carbons (Fsp3) is 0.200. The van der Waals surface area contributed by atoms with Crippen molar-refractivity contribution in [2.24, 2.45) is 5.10 Å². The number of aromatic hydroxyl groups is 2. The minimum Gasteiger partial charge on any atom is -0.504 e. The highest BCUT2D eigenvalue weighted by Gasteiger charge is 1.98. The van der Waals surface area contributed by atoms with E-state index in [0.29, 0.717) is 10.7 Å². The minimum atomic E-state index is -0.182. The molecule has 0 radical (unpaired) electrons. The zero-order chi connectivity index (χ0) is 12.0. The molecule has 0 fully saturated rings. The van der Waals surface area contributed by atoms with Crippen molar-refractivity contribution in [2.45, 2.75) is 6.92 Å². The normalized spacial score (nSPS) is 10.3. The summed E-state index contributed by atoms with van der Waals surface area (Å²) in [4.78, 5) is 0. The predicted octanol–water partition coefficient (Wildman–Crippen LogP) is 0.916. The van der Waals surface area contributed by atoms with E-state index in [1.807, 2.05) is 6.92 Å². The molecule has 4 N–H and O–H groups in total. The third-order valence-corrected chi connectivity index (χ3v) is 1.95. The van der Waals surface area contributed by atoms with Gasteiger partial charge in [0.05, 0.1) is 6.21 Å². The standard InChI is InChI=1S/C10H13N3O2S/c1-2-11-10(16)13-12-6-7-3-4-8(14)9(15)5-7/h3-6,14-15H,2H2,1H3,(H2,11,13,16)/b12-6+. The van der Waals surface area contributed by atoms with E-state index in [1.165, 1.54) is 18.3 Å². The molecular formula is C10H13N3O2S. The summed E-state index contributed by atoms with van der Waals surface area (Å²) in [6.07, 6.45) is 1.49. The molecule has 1 rings (SSSR count). The lowest BCUT2D eigenvalue weighted by molar-refractivity contribution is 0.403. The summed E-state index contributed by atoms with van der Waals surface area (Å²) in [6.45, 7) is 2.65. The van der Waals surface area contributed by atoms with Gasteiger partial charge in [-0.1, -0.05) is 0 Å². The van der Waals surface area contributed by atoms with Crippen LogP contribution in [0.25, 0.3) is 0 Å². The largest absolute Gasteiger partial charge is 0.504 e. The van der Waals surface area contributed by atoms with Gasteiger partial charge in [-0.2, -0.15) is 5.10 Å². The monoisotopic (exact) mass is 239 g/mol. The summed E-state index contributed by atoms with van der Waals surface area (Å²) in [5.74, 6) is -0.341. The Bertz CT molecular complexity index is 407. The number of thiocarbonyl (C=S) groups is 1. The lowest BCUT2D eigenvalue weighted by Crippen LogP contribution is -2.31. The maximum atomic E-state index is 9.22. The molecule has 86 valence electrons. The molecule has 6 heteroatoms. The first-order chi connectivity index (χ1) is 7.63. The molecule has 0 spiro atoms. The summed E-state index contributed by atoms with van der Waals surface area (Å²) in [5.41, 5.74) is 3.27. The Morgan fingerprint density at radius 1 is 1.44 bits per heavy atom. The van der Waals surface area contributed by atoms with Crippen LogP contribution in [0, 0.1) is 0 Å². The molecular weight excluding hydrogens is 226 g/mol. The summed E-state index contributed by atoms with van der Waals surface area (Å²) in [6, 6.07) is 4.41. The number of hydrogen-bond donors (Lipinski definition) is 4. The number of rotatable bonds is 3. The average molecular weight is 239 g/mol. The molecule has 0 aliphatic heterocycles. The number of benzene rings is 1. The van der Waals surface area contributed by atoms with Gasteiger partial charge in [-0.3, -0.25) is 5.43 Å². The van der Waals surface area contributed by atoms with E-state index >= 15 is 0 Å². The second kappa shape index (κ2) is 5.92. The van der Waals surface area contributed by atoms with E-state index in [4.69, 9.17) is 17.3 Å². The second-order valence-corrected chi connectivity index (χ2v) is 3.39. The number of nitrogens with one attached hydrogen (secondary N) is 2.